The van der Waals surface area contributed by atoms with Gasteiger partial charge in [0.25, 0.3) is 5.91 Å². The van der Waals surface area contributed by atoms with E-state index in [0.29, 0.717) is 22.9 Å². The maximum atomic E-state index is 12.2. The molecule has 6 nitrogen and oxygen atoms in total. The number of H-pyrrole nitrogens is 1. The van der Waals surface area contributed by atoms with E-state index in [1.807, 2.05) is 37.3 Å². The maximum Gasteiger partial charge on any atom is 0.276 e. The first-order chi connectivity index (χ1) is 10.7. The van der Waals surface area contributed by atoms with Gasteiger partial charge in [0, 0.05) is 18.0 Å². The first kappa shape index (κ1) is 13.8. The number of carbonyl (C=O) groups excluding carboxylic acids is 1. The quantitative estimate of drug-likeness (QED) is 0.774. The van der Waals surface area contributed by atoms with E-state index in [4.69, 9.17) is 4.74 Å². The number of hydrogen-bond donors (Lipinski definition) is 2. The van der Waals surface area contributed by atoms with Crippen molar-refractivity contribution in [1.82, 2.24) is 15.2 Å². The minimum atomic E-state index is -0.324. The van der Waals surface area contributed by atoms with Crippen molar-refractivity contribution in [1.29, 1.82) is 0 Å². The molecular weight excluding hydrogens is 280 g/mol. The summed E-state index contributed by atoms with van der Waals surface area (Å²) in [6.45, 7) is 1.83. The molecule has 3 rings (SSSR count). The SMILES string of the molecule is Cc1cc(C(=O)Nc2cnccc2Oc2ccccc2)n[nH]1. The van der Waals surface area contributed by atoms with Gasteiger partial charge in [0.2, 0.25) is 0 Å². The molecule has 22 heavy (non-hydrogen) atoms. The normalized spacial score (nSPS) is 10.2. The Morgan fingerprint density at radius 2 is 2.05 bits per heavy atom. The second-order valence-corrected chi connectivity index (χ2v) is 4.68. The highest BCUT2D eigenvalue weighted by Crippen LogP contribution is 2.28. The first-order valence-electron chi connectivity index (χ1n) is 6.72. The van der Waals surface area contributed by atoms with E-state index >= 15 is 0 Å². The van der Waals surface area contributed by atoms with Gasteiger partial charge in [-0.15, -0.1) is 0 Å². The minimum absolute atomic E-state index is 0.312. The van der Waals surface area contributed by atoms with Crippen LogP contribution in [-0.4, -0.2) is 21.1 Å². The lowest BCUT2D eigenvalue weighted by Crippen LogP contribution is -2.13. The Hall–Kier alpha value is -3.15. The maximum absolute atomic E-state index is 12.2. The van der Waals surface area contributed by atoms with Crippen LogP contribution in [0.1, 0.15) is 16.2 Å². The lowest BCUT2D eigenvalue weighted by atomic mass is 10.3. The lowest BCUT2D eigenvalue weighted by molar-refractivity contribution is 0.102. The summed E-state index contributed by atoms with van der Waals surface area (Å²) in [5.74, 6) is 0.872. The van der Waals surface area contributed by atoms with Crippen molar-refractivity contribution in [2.45, 2.75) is 6.92 Å². The van der Waals surface area contributed by atoms with Crippen LogP contribution in [0.4, 0.5) is 5.69 Å². The lowest BCUT2D eigenvalue weighted by Gasteiger charge is -2.10. The molecule has 1 amide bonds. The van der Waals surface area contributed by atoms with Crippen LogP contribution < -0.4 is 10.1 Å². The van der Waals surface area contributed by atoms with Gasteiger partial charge in [-0.05, 0) is 25.1 Å². The molecule has 6 heteroatoms. The smallest absolute Gasteiger partial charge is 0.276 e. The third kappa shape index (κ3) is 3.12. The predicted octanol–water partition coefficient (Wildman–Crippen LogP) is 3.16. The number of rotatable bonds is 4. The molecule has 2 heterocycles. The number of amides is 1. The molecule has 1 aromatic carbocycles. The average Bonchev–Trinajstić information content (AvgIpc) is 2.97. The molecule has 0 bridgehead atoms. The van der Waals surface area contributed by atoms with Gasteiger partial charge >= 0.3 is 0 Å². The average molecular weight is 294 g/mol. The van der Waals surface area contributed by atoms with Crippen LogP contribution >= 0.6 is 0 Å². The van der Waals surface area contributed by atoms with Crippen molar-refractivity contribution in [2.24, 2.45) is 0 Å². The zero-order chi connectivity index (χ0) is 15.4. The molecule has 0 spiro atoms. The second-order valence-electron chi connectivity index (χ2n) is 4.68. The van der Waals surface area contributed by atoms with Gasteiger partial charge in [-0.1, -0.05) is 18.2 Å². The summed E-state index contributed by atoms with van der Waals surface area (Å²) < 4.78 is 5.77. The van der Waals surface area contributed by atoms with Crippen molar-refractivity contribution >= 4 is 11.6 Å². The molecular formula is C16H14N4O2. The number of aryl methyl sites for hydroxylation is 1. The van der Waals surface area contributed by atoms with Crippen LogP contribution in [0.3, 0.4) is 0 Å². The van der Waals surface area contributed by atoms with Crippen molar-refractivity contribution < 1.29 is 9.53 Å². The monoisotopic (exact) mass is 294 g/mol. The van der Waals surface area contributed by atoms with Crippen molar-refractivity contribution in [3.8, 4) is 11.5 Å². The van der Waals surface area contributed by atoms with E-state index in [9.17, 15) is 4.79 Å². The Balaban J connectivity index is 1.81. The number of nitrogens with zero attached hydrogens (tertiary/aromatic N) is 2. The van der Waals surface area contributed by atoms with Crippen LogP contribution in [0.2, 0.25) is 0 Å². The zero-order valence-electron chi connectivity index (χ0n) is 11.9. The van der Waals surface area contributed by atoms with Gasteiger partial charge in [-0.2, -0.15) is 5.10 Å². The Morgan fingerprint density at radius 3 is 2.77 bits per heavy atom. The number of para-hydroxylation sites is 1. The summed E-state index contributed by atoms with van der Waals surface area (Å²) in [5.41, 5.74) is 1.61. The zero-order valence-corrected chi connectivity index (χ0v) is 11.9. The molecule has 3 aromatic rings. The van der Waals surface area contributed by atoms with Crippen LogP contribution in [-0.2, 0) is 0 Å². The molecule has 0 aliphatic rings. The minimum Gasteiger partial charge on any atom is -0.455 e. The van der Waals surface area contributed by atoms with E-state index in [-0.39, 0.29) is 5.91 Å². The van der Waals surface area contributed by atoms with Crippen LogP contribution in [0.5, 0.6) is 11.5 Å². The predicted molar refractivity (Wildman–Crippen MR) is 82.0 cm³/mol. The molecule has 2 aromatic heterocycles. The number of pyridine rings is 1. The summed E-state index contributed by atoms with van der Waals surface area (Å²) in [4.78, 5) is 16.2. The summed E-state index contributed by atoms with van der Waals surface area (Å²) in [6.07, 6.45) is 3.14. The van der Waals surface area contributed by atoms with E-state index in [1.54, 1.807) is 18.3 Å². The van der Waals surface area contributed by atoms with Crippen LogP contribution in [0.25, 0.3) is 0 Å². The highest BCUT2D eigenvalue weighted by molar-refractivity contribution is 6.03. The first-order valence-corrected chi connectivity index (χ1v) is 6.72. The molecule has 0 saturated heterocycles. The molecule has 2 N–H and O–H groups in total. The number of ether oxygens (including phenoxy) is 1. The third-order valence-corrected chi connectivity index (χ3v) is 2.94. The highest BCUT2D eigenvalue weighted by atomic mass is 16.5. The topological polar surface area (TPSA) is 79.9 Å². The fraction of sp³-hybridized carbons (Fsp3) is 0.0625. The van der Waals surface area contributed by atoms with Crippen LogP contribution in [0, 0.1) is 6.92 Å². The number of aromatic nitrogens is 3. The van der Waals surface area contributed by atoms with Gasteiger partial charge in [-0.25, -0.2) is 0 Å². The molecule has 0 aliphatic heterocycles. The molecule has 0 fully saturated rings. The number of anilines is 1. The molecule has 0 radical (unpaired) electrons. The Morgan fingerprint density at radius 1 is 1.23 bits per heavy atom. The molecule has 0 saturated carbocycles. The van der Waals surface area contributed by atoms with Crippen molar-refractivity contribution in [3.63, 3.8) is 0 Å². The third-order valence-electron chi connectivity index (χ3n) is 2.94. The summed E-state index contributed by atoms with van der Waals surface area (Å²) >= 11 is 0. The Labute approximate surface area is 127 Å². The molecule has 0 unspecified atom stereocenters. The number of aromatic amines is 1. The number of benzene rings is 1. The standard InChI is InChI=1S/C16H14N4O2/c1-11-9-13(20-19-11)16(21)18-14-10-17-8-7-15(14)22-12-5-3-2-4-6-12/h2-10H,1H3,(H,18,21)(H,19,20). The van der Waals surface area contributed by atoms with E-state index in [0.717, 1.165) is 5.69 Å². The second kappa shape index (κ2) is 6.09. The van der Waals surface area contributed by atoms with Crippen LogP contribution in [0.15, 0.2) is 54.9 Å². The van der Waals surface area contributed by atoms with Gasteiger partial charge in [0.15, 0.2) is 11.4 Å². The Bertz CT molecular complexity index is 784. The molecule has 110 valence electrons. The largest absolute Gasteiger partial charge is 0.455 e. The van der Waals surface area contributed by atoms with E-state index < -0.39 is 0 Å². The summed E-state index contributed by atoms with van der Waals surface area (Å²) in [6, 6.07) is 12.7. The number of nitrogens with one attached hydrogen (secondary N) is 2. The van der Waals surface area contributed by atoms with Crippen molar-refractivity contribution in [2.75, 3.05) is 5.32 Å². The number of carbonyl (C=O) groups is 1. The van der Waals surface area contributed by atoms with E-state index in [2.05, 4.69) is 20.5 Å². The molecule has 0 aliphatic carbocycles. The van der Waals surface area contributed by atoms with Crippen molar-refractivity contribution in [3.05, 3.63) is 66.2 Å². The summed E-state index contributed by atoms with van der Waals surface area (Å²) in [5, 5.41) is 9.41. The highest BCUT2D eigenvalue weighted by Gasteiger charge is 2.13. The van der Waals surface area contributed by atoms with Gasteiger partial charge in [0.05, 0.1) is 6.20 Å². The Kier molecular flexibility index (Phi) is 3.82. The fourth-order valence-corrected chi connectivity index (χ4v) is 1.90. The van der Waals surface area contributed by atoms with E-state index in [1.165, 1.54) is 6.20 Å². The molecule has 0 atom stereocenters. The van der Waals surface area contributed by atoms with Gasteiger partial charge < -0.3 is 10.1 Å². The van der Waals surface area contributed by atoms with Gasteiger partial charge in [-0.3, -0.25) is 14.9 Å². The number of hydrogen-bond acceptors (Lipinski definition) is 4. The van der Waals surface area contributed by atoms with Gasteiger partial charge in [0.1, 0.15) is 11.4 Å². The fourth-order valence-electron chi connectivity index (χ4n) is 1.90. The summed E-state index contributed by atoms with van der Waals surface area (Å²) in [7, 11) is 0.